The lowest BCUT2D eigenvalue weighted by molar-refractivity contribution is 0.182. The molecule has 0 heterocycles. The Balaban J connectivity index is 1.94. The highest BCUT2D eigenvalue weighted by molar-refractivity contribution is 5.73. The fourth-order valence-electron chi connectivity index (χ4n) is 3.22. The van der Waals surface area contributed by atoms with Gasteiger partial charge in [-0.3, -0.25) is 0 Å². The highest BCUT2D eigenvalue weighted by atomic mass is 16.3. The van der Waals surface area contributed by atoms with Crippen LogP contribution in [0.1, 0.15) is 31.2 Å². The van der Waals surface area contributed by atoms with Gasteiger partial charge in [0.05, 0.1) is 6.61 Å². The lowest BCUT2D eigenvalue weighted by Crippen LogP contribution is -2.44. The van der Waals surface area contributed by atoms with Gasteiger partial charge in [0.25, 0.3) is 0 Å². The first-order chi connectivity index (χ1) is 10.2. The second kappa shape index (κ2) is 7.46. The van der Waals surface area contributed by atoms with Crippen LogP contribution < -0.4 is 5.32 Å². The number of benzene rings is 1. The van der Waals surface area contributed by atoms with Gasteiger partial charge in [-0.15, -0.1) is 0 Å². The van der Waals surface area contributed by atoms with Gasteiger partial charge in [0.15, 0.2) is 0 Å². The van der Waals surface area contributed by atoms with Crippen LogP contribution in [0.25, 0.3) is 0 Å². The molecule has 1 aliphatic rings. The lowest BCUT2D eigenvalue weighted by Gasteiger charge is -2.30. The van der Waals surface area contributed by atoms with E-state index in [4.69, 9.17) is 5.11 Å². The molecule has 2 amide bonds. The van der Waals surface area contributed by atoms with Crippen molar-refractivity contribution in [2.75, 3.05) is 26.7 Å². The summed E-state index contributed by atoms with van der Waals surface area (Å²) in [6.07, 6.45) is 5.86. The largest absolute Gasteiger partial charge is 0.395 e. The van der Waals surface area contributed by atoms with Gasteiger partial charge in [-0.2, -0.15) is 0 Å². The molecule has 1 saturated carbocycles. The molecule has 21 heavy (non-hydrogen) atoms. The van der Waals surface area contributed by atoms with Crippen molar-refractivity contribution in [1.29, 1.82) is 0 Å². The third-order valence-corrected chi connectivity index (χ3v) is 4.48. The smallest absolute Gasteiger partial charge is 0.317 e. The third kappa shape index (κ3) is 4.46. The van der Waals surface area contributed by atoms with Crippen molar-refractivity contribution in [3.8, 4) is 0 Å². The number of likely N-dealkylation sites (N-methyl/N-ethyl adjacent to an activating group) is 1. The Hall–Kier alpha value is -1.55. The van der Waals surface area contributed by atoms with Crippen LogP contribution in [-0.2, 0) is 6.42 Å². The quantitative estimate of drug-likeness (QED) is 0.845. The number of aliphatic hydroxyl groups excluding tert-OH is 1. The second-order valence-electron chi connectivity index (χ2n) is 6.17. The van der Waals surface area contributed by atoms with Crippen LogP contribution in [0.15, 0.2) is 30.3 Å². The van der Waals surface area contributed by atoms with E-state index in [0.717, 1.165) is 13.0 Å². The molecule has 0 atom stereocenters. The number of amides is 2. The van der Waals surface area contributed by atoms with Crippen LogP contribution in [0.4, 0.5) is 4.79 Å². The summed E-state index contributed by atoms with van der Waals surface area (Å²) in [5.41, 5.74) is 1.54. The summed E-state index contributed by atoms with van der Waals surface area (Å²) in [6, 6.07) is 10.4. The molecule has 0 saturated heterocycles. The summed E-state index contributed by atoms with van der Waals surface area (Å²) >= 11 is 0. The highest BCUT2D eigenvalue weighted by Gasteiger charge is 2.34. The van der Waals surface area contributed by atoms with E-state index in [1.807, 2.05) is 6.07 Å². The average Bonchev–Trinajstić information content (AvgIpc) is 2.95. The van der Waals surface area contributed by atoms with Gasteiger partial charge in [-0.1, -0.05) is 43.2 Å². The molecule has 4 nitrogen and oxygen atoms in total. The summed E-state index contributed by atoms with van der Waals surface area (Å²) in [4.78, 5) is 13.5. The number of nitrogens with one attached hydrogen (secondary N) is 1. The predicted octanol–water partition coefficient (Wildman–Crippen LogP) is 2.42. The molecule has 1 fully saturated rings. The van der Waals surface area contributed by atoms with Gasteiger partial charge in [-0.25, -0.2) is 4.79 Å². The molecular formula is C17H26N2O2. The average molecular weight is 290 g/mol. The zero-order valence-corrected chi connectivity index (χ0v) is 12.8. The van der Waals surface area contributed by atoms with Crippen molar-refractivity contribution in [1.82, 2.24) is 10.2 Å². The van der Waals surface area contributed by atoms with Crippen LogP contribution in [0.3, 0.4) is 0 Å². The van der Waals surface area contributed by atoms with E-state index < -0.39 is 0 Å². The molecule has 1 aliphatic carbocycles. The third-order valence-electron chi connectivity index (χ3n) is 4.48. The van der Waals surface area contributed by atoms with Crippen molar-refractivity contribution in [2.45, 2.75) is 32.1 Å². The Labute approximate surface area is 127 Å². The number of carbonyl (C=O) groups excluding carboxylic acids is 1. The zero-order chi connectivity index (χ0) is 15.1. The molecule has 0 unspecified atom stereocenters. The maximum atomic E-state index is 12.0. The van der Waals surface area contributed by atoms with Crippen molar-refractivity contribution in [2.24, 2.45) is 5.41 Å². The van der Waals surface area contributed by atoms with Crippen LogP contribution in [-0.4, -0.2) is 42.8 Å². The first kappa shape index (κ1) is 15.8. The van der Waals surface area contributed by atoms with Crippen molar-refractivity contribution in [3.63, 3.8) is 0 Å². The predicted molar refractivity (Wildman–Crippen MR) is 84.2 cm³/mol. The van der Waals surface area contributed by atoms with Gasteiger partial charge in [0, 0.05) is 20.1 Å². The van der Waals surface area contributed by atoms with Crippen LogP contribution in [0, 0.1) is 5.41 Å². The fraction of sp³-hybridized carbons (Fsp3) is 0.588. The van der Waals surface area contributed by atoms with Crippen molar-refractivity contribution in [3.05, 3.63) is 35.9 Å². The van der Waals surface area contributed by atoms with Crippen molar-refractivity contribution >= 4 is 6.03 Å². The monoisotopic (exact) mass is 290 g/mol. The van der Waals surface area contributed by atoms with Crippen LogP contribution >= 0.6 is 0 Å². The SMILES string of the molecule is CN(CCO)C(=O)NCC1(Cc2ccccc2)CCCC1. The van der Waals surface area contributed by atoms with E-state index in [0.29, 0.717) is 6.54 Å². The van der Waals surface area contributed by atoms with Gasteiger partial charge in [0.2, 0.25) is 0 Å². The summed E-state index contributed by atoms with van der Waals surface area (Å²) in [7, 11) is 1.71. The van der Waals surface area contributed by atoms with E-state index in [9.17, 15) is 4.79 Å². The normalized spacial score (nSPS) is 16.7. The summed E-state index contributed by atoms with van der Waals surface area (Å²) in [5, 5.41) is 11.9. The summed E-state index contributed by atoms with van der Waals surface area (Å²) in [6.45, 7) is 1.09. The Morgan fingerprint density at radius 2 is 1.95 bits per heavy atom. The van der Waals surface area contributed by atoms with Gasteiger partial charge in [0.1, 0.15) is 0 Å². The Kier molecular flexibility index (Phi) is 5.62. The highest BCUT2D eigenvalue weighted by Crippen LogP contribution is 2.40. The molecule has 0 aromatic heterocycles. The van der Waals surface area contributed by atoms with Gasteiger partial charge < -0.3 is 15.3 Å². The van der Waals surface area contributed by atoms with Crippen LogP contribution in [0.2, 0.25) is 0 Å². The van der Waals surface area contributed by atoms with E-state index >= 15 is 0 Å². The molecule has 0 spiro atoms. The van der Waals surface area contributed by atoms with Gasteiger partial charge in [-0.05, 0) is 30.2 Å². The van der Waals surface area contributed by atoms with Crippen LogP contribution in [0.5, 0.6) is 0 Å². The molecule has 116 valence electrons. The fourth-order valence-corrected chi connectivity index (χ4v) is 3.22. The number of aliphatic hydroxyl groups is 1. The molecule has 4 heteroatoms. The zero-order valence-electron chi connectivity index (χ0n) is 12.8. The number of hydrogen-bond acceptors (Lipinski definition) is 2. The Bertz CT molecular complexity index is 441. The molecule has 0 radical (unpaired) electrons. The summed E-state index contributed by atoms with van der Waals surface area (Å²) < 4.78 is 0. The molecule has 1 aromatic rings. The van der Waals surface area contributed by atoms with E-state index in [-0.39, 0.29) is 18.1 Å². The van der Waals surface area contributed by atoms with Crippen molar-refractivity contribution < 1.29 is 9.90 Å². The number of rotatable bonds is 6. The second-order valence-corrected chi connectivity index (χ2v) is 6.17. The van der Waals surface area contributed by atoms with E-state index in [1.54, 1.807) is 7.05 Å². The Morgan fingerprint density at radius 1 is 1.29 bits per heavy atom. The molecular weight excluding hydrogens is 264 g/mol. The van der Waals surface area contributed by atoms with Gasteiger partial charge >= 0.3 is 6.03 Å². The van der Waals surface area contributed by atoms with E-state index in [1.165, 1.54) is 36.1 Å². The molecule has 2 rings (SSSR count). The summed E-state index contributed by atoms with van der Waals surface area (Å²) in [5.74, 6) is 0. The van der Waals surface area contributed by atoms with E-state index in [2.05, 4.69) is 29.6 Å². The molecule has 1 aromatic carbocycles. The number of urea groups is 1. The minimum atomic E-state index is -0.0941. The lowest BCUT2D eigenvalue weighted by atomic mass is 9.80. The minimum absolute atomic E-state index is 0.000914. The molecule has 2 N–H and O–H groups in total. The number of nitrogens with zero attached hydrogens (tertiary/aromatic N) is 1. The minimum Gasteiger partial charge on any atom is -0.395 e. The maximum Gasteiger partial charge on any atom is 0.317 e. The number of hydrogen-bond donors (Lipinski definition) is 2. The number of carbonyl (C=O) groups is 1. The Morgan fingerprint density at radius 3 is 2.57 bits per heavy atom. The standard InChI is InChI=1S/C17H26N2O2/c1-19(11-12-20)16(21)18-14-17(9-5-6-10-17)13-15-7-3-2-4-8-15/h2-4,7-8,20H,5-6,9-14H2,1H3,(H,18,21). The molecule has 0 aliphatic heterocycles. The molecule has 0 bridgehead atoms. The first-order valence-corrected chi connectivity index (χ1v) is 7.79. The first-order valence-electron chi connectivity index (χ1n) is 7.79. The topological polar surface area (TPSA) is 52.6 Å². The maximum absolute atomic E-state index is 12.0.